The monoisotopic (exact) mass is 329 g/mol. The van der Waals surface area contributed by atoms with Gasteiger partial charge in [0, 0.05) is 18.5 Å². The van der Waals surface area contributed by atoms with E-state index in [1.807, 2.05) is 36.4 Å². The van der Waals surface area contributed by atoms with E-state index in [9.17, 15) is 9.59 Å². The Balaban J connectivity index is 1.60. The van der Waals surface area contributed by atoms with Gasteiger partial charge in [-0.25, -0.2) is 4.98 Å². The van der Waals surface area contributed by atoms with Crippen LogP contribution in [0.3, 0.4) is 0 Å². The fourth-order valence-electron chi connectivity index (χ4n) is 2.79. The number of thioether (sulfide) groups is 1. The van der Waals surface area contributed by atoms with Gasteiger partial charge in [-0.15, -0.1) is 0 Å². The van der Waals surface area contributed by atoms with Crippen molar-refractivity contribution in [3.05, 3.63) is 36.4 Å². The van der Waals surface area contributed by atoms with Crippen LogP contribution in [-0.2, 0) is 9.59 Å². The summed E-state index contributed by atoms with van der Waals surface area (Å²) in [5, 5.41) is 1.92. The van der Waals surface area contributed by atoms with Crippen molar-refractivity contribution in [2.24, 2.45) is 11.7 Å². The van der Waals surface area contributed by atoms with E-state index in [0.717, 1.165) is 28.8 Å². The lowest BCUT2D eigenvalue weighted by Gasteiger charge is -2.31. The van der Waals surface area contributed by atoms with Crippen LogP contribution in [0.5, 0.6) is 0 Å². The number of rotatable bonds is 4. The Morgan fingerprint density at radius 2 is 2.09 bits per heavy atom. The first-order chi connectivity index (χ1) is 11.1. The maximum absolute atomic E-state index is 12.3. The Morgan fingerprint density at radius 3 is 2.91 bits per heavy atom. The van der Waals surface area contributed by atoms with Crippen LogP contribution in [0.4, 0.5) is 0 Å². The molecule has 6 heteroatoms. The van der Waals surface area contributed by atoms with E-state index in [0.29, 0.717) is 18.8 Å². The van der Waals surface area contributed by atoms with Gasteiger partial charge in [0.25, 0.3) is 0 Å². The van der Waals surface area contributed by atoms with Gasteiger partial charge >= 0.3 is 0 Å². The largest absolute Gasteiger partial charge is 0.369 e. The Kier molecular flexibility index (Phi) is 4.81. The standard InChI is InChI=1S/C17H19N3O2S/c18-17(22)13-5-3-9-20(10-13)16(21)11-23-15-8-7-12-4-1-2-6-14(12)19-15/h1-2,4,6-8,13H,3,5,9-11H2,(H2,18,22)/t13-/m1/s1. The Bertz CT molecular complexity index is 735. The van der Waals surface area contributed by atoms with E-state index < -0.39 is 0 Å². The molecule has 1 fully saturated rings. The summed E-state index contributed by atoms with van der Waals surface area (Å²) in [5.41, 5.74) is 6.28. The number of nitrogens with two attached hydrogens (primary N) is 1. The number of amides is 2. The third kappa shape index (κ3) is 3.82. The number of para-hydroxylation sites is 1. The second-order valence-corrected chi connectivity index (χ2v) is 6.71. The average Bonchev–Trinajstić information content (AvgIpc) is 2.59. The van der Waals surface area contributed by atoms with Crippen molar-refractivity contribution in [3.8, 4) is 0 Å². The summed E-state index contributed by atoms with van der Waals surface area (Å²) >= 11 is 1.43. The molecule has 1 atom stereocenters. The van der Waals surface area contributed by atoms with Gasteiger partial charge < -0.3 is 10.6 Å². The average molecular weight is 329 g/mol. The van der Waals surface area contributed by atoms with Gasteiger partial charge in [-0.3, -0.25) is 9.59 Å². The highest BCUT2D eigenvalue weighted by atomic mass is 32.2. The Morgan fingerprint density at radius 1 is 1.26 bits per heavy atom. The van der Waals surface area contributed by atoms with Crippen molar-refractivity contribution in [1.29, 1.82) is 0 Å². The topological polar surface area (TPSA) is 76.3 Å². The van der Waals surface area contributed by atoms with Gasteiger partial charge in [-0.2, -0.15) is 0 Å². The number of fused-ring (bicyclic) bond motifs is 1. The number of carbonyl (C=O) groups excluding carboxylic acids is 2. The van der Waals surface area contributed by atoms with E-state index in [2.05, 4.69) is 4.98 Å². The lowest BCUT2D eigenvalue weighted by Crippen LogP contribution is -2.44. The predicted octanol–water partition coefficient (Wildman–Crippen LogP) is 2.05. The molecule has 1 saturated heterocycles. The number of nitrogens with zero attached hydrogens (tertiary/aromatic N) is 2. The number of piperidine rings is 1. The van der Waals surface area contributed by atoms with Crippen LogP contribution >= 0.6 is 11.8 Å². The van der Waals surface area contributed by atoms with Crippen LogP contribution in [0, 0.1) is 5.92 Å². The van der Waals surface area contributed by atoms with Crippen LogP contribution in [0.2, 0.25) is 0 Å². The number of carbonyl (C=O) groups is 2. The first-order valence-corrected chi connectivity index (χ1v) is 8.68. The van der Waals surface area contributed by atoms with Crippen molar-refractivity contribution >= 4 is 34.5 Å². The fourth-order valence-corrected chi connectivity index (χ4v) is 3.57. The lowest BCUT2D eigenvalue weighted by molar-refractivity contribution is -0.132. The van der Waals surface area contributed by atoms with E-state index in [4.69, 9.17) is 5.73 Å². The zero-order valence-electron chi connectivity index (χ0n) is 12.8. The van der Waals surface area contributed by atoms with Crippen molar-refractivity contribution in [2.45, 2.75) is 17.9 Å². The molecule has 0 radical (unpaired) electrons. The molecular weight excluding hydrogens is 310 g/mol. The SMILES string of the molecule is NC(=O)[C@@H]1CCCN(C(=O)CSc2ccc3ccccc3n2)C1. The zero-order chi connectivity index (χ0) is 16.2. The van der Waals surface area contributed by atoms with E-state index in [1.165, 1.54) is 11.8 Å². The summed E-state index contributed by atoms with van der Waals surface area (Å²) < 4.78 is 0. The van der Waals surface area contributed by atoms with Crippen LogP contribution < -0.4 is 5.73 Å². The van der Waals surface area contributed by atoms with Gasteiger partial charge in [0.1, 0.15) is 0 Å². The highest BCUT2D eigenvalue weighted by Gasteiger charge is 2.26. The van der Waals surface area contributed by atoms with Crippen molar-refractivity contribution in [2.75, 3.05) is 18.8 Å². The number of benzene rings is 1. The summed E-state index contributed by atoms with van der Waals surface area (Å²) in [4.78, 5) is 29.9. The van der Waals surface area contributed by atoms with Gasteiger partial charge in [-0.05, 0) is 25.0 Å². The summed E-state index contributed by atoms with van der Waals surface area (Å²) in [6, 6.07) is 11.9. The normalized spacial score (nSPS) is 18.1. The number of primary amides is 1. The number of pyridine rings is 1. The first-order valence-electron chi connectivity index (χ1n) is 7.69. The molecule has 5 nitrogen and oxygen atoms in total. The van der Waals surface area contributed by atoms with E-state index >= 15 is 0 Å². The van der Waals surface area contributed by atoms with Gasteiger partial charge in [0.05, 0.1) is 22.2 Å². The fraction of sp³-hybridized carbons (Fsp3) is 0.353. The van der Waals surface area contributed by atoms with Gasteiger partial charge in [0.15, 0.2) is 0 Å². The number of likely N-dealkylation sites (tertiary alicyclic amines) is 1. The molecular formula is C17H19N3O2S. The summed E-state index contributed by atoms with van der Waals surface area (Å²) in [6.07, 6.45) is 1.61. The summed E-state index contributed by atoms with van der Waals surface area (Å²) in [7, 11) is 0. The third-order valence-electron chi connectivity index (χ3n) is 4.09. The van der Waals surface area contributed by atoms with Gasteiger partial charge in [0.2, 0.25) is 11.8 Å². The van der Waals surface area contributed by atoms with Crippen LogP contribution in [0.1, 0.15) is 12.8 Å². The molecule has 1 aromatic heterocycles. The highest BCUT2D eigenvalue weighted by Crippen LogP contribution is 2.22. The maximum Gasteiger partial charge on any atom is 0.233 e. The number of hydrogen-bond acceptors (Lipinski definition) is 4. The van der Waals surface area contributed by atoms with Crippen LogP contribution in [0.25, 0.3) is 10.9 Å². The van der Waals surface area contributed by atoms with Gasteiger partial charge in [-0.1, -0.05) is 36.0 Å². The Labute approximate surface area is 139 Å². The third-order valence-corrected chi connectivity index (χ3v) is 5.01. The molecule has 0 unspecified atom stereocenters. The van der Waals surface area contributed by atoms with Crippen molar-refractivity contribution < 1.29 is 9.59 Å². The van der Waals surface area contributed by atoms with Crippen LogP contribution in [-0.4, -0.2) is 40.5 Å². The molecule has 3 rings (SSSR count). The molecule has 2 aromatic rings. The van der Waals surface area contributed by atoms with Crippen LogP contribution in [0.15, 0.2) is 41.4 Å². The Hall–Kier alpha value is -2.08. The summed E-state index contributed by atoms with van der Waals surface area (Å²) in [6.45, 7) is 1.15. The molecule has 2 amide bonds. The smallest absolute Gasteiger partial charge is 0.233 e. The van der Waals surface area contributed by atoms with E-state index in [-0.39, 0.29) is 17.7 Å². The molecule has 1 aromatic carbocycles. The quantitative estimate of drug-likeness (QED) is 0.871. The molecule has 2 N–H and O–H groups in total. The second kappa shape index (κ2) is 7.00. The number of hydrogen-bond donors (Lipinski definition) is 1. The van der Waals surface area contributed by atoms with Crippen molar-refractivity contribution in [3.63, 3.8) is 0 Å². The molecule has 1 aliphatic rings. The molecule has 0 saturated carbocycles. The van der Waals surface area contributed by atoms with E-state index in [1.54, 1.807) is 4.90 Å². The first kappa shape index (κ1) is 15.8. The summed E-state index contributed by atoms with van der Waals surface area (Å²) in [5.74, 6) is -0.157. The minimum Gasteiger partial charge on any atom is -0.369 e. The second-order valence-electron chi connectivity index (χ2n) is 5.71. The minimum atomic E-state index is -0.314. The molecule has 0 bridgehead atoms. The lowest BCUT2D eigenvalue weighted by atomic mass is 9.97. The number of aromatic nitrogens is 1. The predicted molar refractivity (Wildman–Crippen MR) is 91.0 cm³/mol. The molecule has 2 heterocycles. The molecule has 0 aliphatic carbocycles. The maximum atomic E-state index is 12.3. The molecule has 0 spiro atoms. The molecule has 23 heavy (non-hydrogen) atoms. The highest BCUT2D eigenvalue weighted by molar-refractivity contribution is 7.99. The molecule has 120 valence electrons. The zero-order valence-corrected chi connectivity index (χ0v) is 13.6. The molecule has 1 aliphatic heterocycles. The minimum absolute atomic E-state index is 0.0379. The van der Waals surface area contributed by atoms with Crippen molar-refractivity contribution in [1.82, 2.24) is 9.88 Å².